The highest BCUT2D eigenvalue weighted by atomic mass is 32.2. The zero-order valence-corrected chi connectivity index (χ0v) is 14.6. The molecule has 2 N–H and O–H groups in total. The number of hydrogen-bond acceptors (Lipinski definition) is 6. The number of carbonyl (C=O) groups excluding carboxylic acids is 1. The van der Waals surface area contributed by atoms with Gasteiger partial charge < -0.3 is 14.9 Å². The van der Waals surface area contributed by atoms with E-state index in [2.05, 4.69) is 15.5 Å². The zero-order chi connectivity index (χ0) is 17.8. The minimum absolute atomic E-state index is 0.0513. The molecule has 0 unspecified atom stereocenters. The van der Waals surface area contributed by atoms with Gasteiger partial charge in [-0.05, 0) is 55.8 Å². The van der Waals surface area contributed by atoms with Gasteiger partial charge in [0.15, 0.2) is 5.82 Å². The number of phenols is 1. The number of benzene rings is 2. The SMILES string of the molecule is Cc1ccc(NC(=O)c2ccc(SCc3nc(C)no3)cc2)c(O)c1. The monoisotopic (exact) mass is 355 g/mol. The first-order valence-corrected chi connectivity index (χ1v) is 8.63. The van der Waals surface area contributed by atoms with Gasteiger partial charge in [-0.15, -0.1) is 11.8 Å². The predicted molar refractivity (Wildman–Crippen MR) is 95.8 cm³/mol. The standard InChI is InChI=1S/C18H17N3O3S/c1-11-3-8-15(16(22)9-11)20-18(23)13-4-6-14(7-5-13)25-10-17-19-12(2)21-24-17/h3-9,22H,10H2,1-2H3,(H,20,23). The van der Waals surface area contributed by atoms with Crippen LogP contribution in [0.4, 0.5) is 5.69 Å². The molecule has 0 aliphatic rings. The summed E-state index contributed by atoms with van der Waals surface area (Å²) in [6, 6.07) is 12.3. The molecule has 1 aromatic heterocycles. The maximum atomic E-state index is 12.3. The summed E-state index contributed by atoms with van der Waals surface area (Å²) in [6.07, 6.45) is 0. The van der Waals surface area contributed by atoms with Crippen molar-refractivity contribution in [3.05, 3.63) is 65.3 Å². The number of nitrogens with zero attached hydrogens (tertiary/aromatic N) is 2. The van der Waals surface area contributed by atoms with Crippen molar-refractivity contribution < 1.29 is 14.4 Å². The lowest BCUT2D eigenvalue weighted by Crippen LogP contribution is -2.11. The van der Waals surface area contributed by atoms with E-state index < -0.39 is 0 Å². The van der Waals surface area contributed by atoms with Gasteiger partial charge in [-0.25, -0.2) is 0 Å². The third kappa shape index (κ3) is 4.39. The Morgan fingerprint density at radius 3 is 2.60 bits per heavy atom. The van der Waals surface area contributed by atoms with E-state index in [4.69, 9.17) is 4.52 Å². The Hall–Kier alpha value is -2.80. The molecule has 2 aromatic carbocycles. The van der Waals surface area contributed by atoms with E-state index in [1.165, 1.54) is 0 Å². The van der Waals surface area contributed by atoms with Gasteiger partial charge in [0, 0.05) is 10.5 Å². The largest absolute Gasteiger partial charge is 0.506 e. The van der Waals surface area contributed by atoms with Gasteiger partial charge in [-0.1, -0.05) is 11.2 Å². The molecule has 7 heteroatoms. The summed E-state index contributed by atoms with van der Waals surface area (Å²) < 4.78 is 5.06. The van der Waals surface area contributed by atoms with E-state index in [1.807, 2.05) is 25.1 Å². The van der Waals surface area contributed by atoms with Crippen molar-refractivity contribution in [2.45, 2.75) is 24.5 Å². The number of aryl methyl sites for hydroxylation is 2. The molecular weight excluding hydrogens is 338 g/mol. The first-order chi connectivity index (χ1) is 12.0. The number of phenolic OH excluding ortho intramolecular Hbond substituents is 1. The first-order valence-electron chi connectivity index (χ1n) is 7.64. The topological polar surface area (TPSA) is 88.3 Å². The molecule has 0 saturated carbocycles. The van der Waals surface area contributed by atoms with Gasteiger partial charge >= 0.3 is 0 Å². The number of aromatic hydroxyl groups is 1. The van der Waals surface area contributed by atoms with E-state index in [9.17, 15) is 9.90 Å². The second-order valence-corrected chi connectivity index (χ2v) is 6.57. The highest BCUT2D eigenvalue weighted by Gasteiger charge is 2.10. The Morgan fingerprint density at radius 1 is 1.20 bits per heavy atom. The second-order valence-electron chi connectivity index (χ2n) is 5.52. The number of rotatable bonds is 5. The van der Waals surface area contributed by atoms with Crippen LogP contribution in [0.5, 0.6) is 5.75 Å². The number of carbonyl (C=O) groups is 1. The predicted octanol–water partition coefficient (Wildman–Crippen LogP) is 3.94. The molecule has 0 aliphatic heterocycles. The van der Waals surface area contributed by atoms with Crippen LogP contribution >= 0.6 is 11.8 Å². The van der Waals surface area contributed by atoms with Gasteiger partial charge in [0.25, 0.3) is 5.91 Å². The molecule has 6 nitrogen and oxygen atoms in total. The maximum Gasteiger partial charge on any atom is 0.255 e. The van der Waals surface area contributed by atoms with Crippen molar-refractivity contribution in [3.8, 4) is 5.75 Å². The summed E-state index contributed by atoms with van der Waals surface area (Å²) in [7, 11) is 0. The van der Waals surface area contributed by atoms with E-state index in [0.717, 1.165) is 10.5 Å². The van der Waals surface area contributed by atoms with Crippen LogP contribution in [-0.4, -0.2) is 21.2 Å². The summed E-state index contributed by atoms with van der Waals surface area (Å²) in [4.78, 5) is 17.4. The molecule has 128 valence electrons. The Morgan fingerprint density at radius 2 is 1.96 bits per heavy atom. The quantitative estimate of drug-likeness (QED) is 0.532. The number of amides is 1. The summed E-state index contributed by atoms with van der Waals surface area (Å²) >= 11 is 1.55. The molecule has 0 atom stereocenters. The Kier molecular flexibility index (Phi) is 5.04. The molecule has 25 heavy (non-hydrogen) atoms. The third-order valence-corrected chi connectivity index (χ3v) is 4.45. The number of hydrogen-bond donors (Lipinski definition) is 2. The van der Waals surface area contributed by atoms with Crippen molar-refractivity contribution in [1.29, 1.82) is 0 Å². The number of anilines is 1. The average Bonchev–Trinajstić information content (AvgIpc) is 3.01. The average molecular weight is 355 g/mol. The smallest absolute Gasteiger partial charge is 0.255 e. The van der Waals surface area contributed by atoms with Crippen molar-refractivity contribution >= 4 is 23.4 Å². The van der Waals surface area contributed by atoms with Crippen LogP contribution in [0.3, 0.4) is 0 Å². The minimum atomic E-state index is -0.275. The Bertz CT molecular complexity index is 891. The molecule has 0 spiro atoms. The van der Waals surface area contributed by atoms with E-state index in [0.29, 0.717) is 28.7 Å². The Balaban J connectivity index is 1.62. The first kappa shape index (κ1) is 17.0. The lowest BCUT2D eigenvalue weighted by atomic mass is 10.2. The van der Waals surface area contributed by atoms with Crippen LogP contribution in [-0.2, 0) is 5.75 Å². The van der Waals surface area contributed by atoms with Crippen LogP contribution in [0.25, 0.3) is 0 Å². The third-order valence-electron chi connectivity index (χ3n) is 3.45. The molecule has 1 amide bonds. The van der Waals surface area contributed by atoms with Gasteiger partial charge in [-0.3, -0.25) is 4.79 Å². The van der Waals surface area contributed by atoms with Crippen LogP contribution in [0.2, 0.25) is 0 Å². The molecule has 0 bridgehead atoms. The summed E-state index contributed by atoms with van der Waals surface area (Å²) in [6.45, 7) is 3.65. The van der Waals surface area contributed by atoms with Crippen molar-refractivity contribution in [2.24, 2.45) is 0 Å². The fourth-order valence-corrected chi connectivity index (χ4v) is 2.92. The van der Waals surface area contributed by atoms with Crippen LogP contribution in [0.15, 0.2) is 51.9 Å². The summed E-state index contributed by atoms with van der Waals surface area (Å²) in [5.41, 5.74) is 1.83. The lowest BCUT2D eigenvalue weighted by Gasteiger charge is -2.08. The minimum Gasteiger partial charge on any atom is -0.506 e. The Labute approximate surface area is 149 Å². The van der Waals surface area contributed by atoms with E-state index in [-0.39, 0.29) is 11.7 Å². The van der Waals surface area contributed by atoms with Crippen molar-refractivity contribution in [3.63, 3.8) is 0 Å². The molecule has 1 heterocycles. The second kappa shape index (κ2) is 7.40. The fourth-order valence-electron chi connectivity index (χ4n) is 2.19. The van der Waals surface area contributed by atoms with Gasteiger partial charge in [0.1, 0.15) is 5.75 Å². The molecule has 3 rings (SSSR count). The maximum absolute atomic E-state index is 12.3. The molecule has 0 radical (unpaired) electrons. The highest BCUT2D eigenvalue weighted by Crippen LogP contribution is 2.25. The molecule has 0 fully saturated rings. The van der Waals surface area contributed by atoms with Crippen LogP contribution in [0.1, 0.15) is 27.6 Å². The molecular formula is C18H17N3O3S. The number of nitrogens with one attached hydrogen (secondary N) is 1. The normalized spacial score (nSPS) is 10.6. The summed E-state index contributed by atoms with van der Waals surface area (Å²) in [5, 5.41) is 16.3. The van der Waals surface area contributed by atoms with Gasteiger partial charge in [0.2, 0.25) is 5.89 Å². The van der Waals surface area contributed by atoms with E-state index >= 15 is 0 Å². The van der Waals surface area contributed by atoms with Crippen LogP contribution < -0.4 is 5.32 Å². The van der Waals surface area contributed by atoms with Crippen LogP contribution in [0, 0.1) is 13.8 Å². The fraction of sp³-hybridized carbons (Fsp3) is 0.167. The number of aromatic nitrogens is 2. The highest BCUT2D eigenvalue weighted by molar-refractivity contribution is 7.98. The molecule has 3 aromatic rings. The lowest BCUT2D eigenvalue weighted by molar-refractivity contribution is 0.102. The zero-order valence-electron chi connectivity index (χ0n) is 13.8. The summed E-state index contributed by atoms with van der Waals surface area (Å²) in [5.74, 6) is 1.53. The van der Waals surface area contributed by atoms with Crippen molar-refractivity contribution in [1.82, 2.24) is 10.1 Å². The van der Waals surface area contributed by atoms with Gasteiger partial charge in [0.05, 0.1) is 11.4 Å². The number of thioether (sulfide) groups is 1. The molecule has 0 aliphatic carbocycles. The van der Waals surface area contributed by atoms with Gasteiger partial charge in [-0.2, -0.15) is 4.98 Å². The van der Waals surface area contributed by atoms with E-state index in [1.54, 1.807) is 43.0 Å². The molecule has 0 saturated heterocycles. The van der Waals surface area contributed by atoms with Crippen molar-refractivity contribution in [2.75, 3.05) is 5.32 Å².